The molecular formula is C30H30F3N3O3S. The molecule has 40 heavy (non-hydrogen) atoms. The van der Waals surface area contributed by atoms with Gasteiger partial charge in [0, 0.05) is 30.5 Å². The van der Waals surface area contributed by atoms with Gasteiger partial charge in [-0.1, -0.05) is 43.3 Å². The van der Waals surface area contributed by atoms with Gasteiger partial charge in [-0.3, -0.25) is 9.69 Å². The third-order valence-electron chi connectivity index (χ3n) is 7.45. The number of sulfone groups is 1. The van der Waals surface area contributed by atoms with Crippen molar-refractivity contribution in [3.63, 3.8) is 0 Å². The summed E-state index contributed by atoms with van der Waals surface area (Å²) in [6.45, 7) is 2.79. The lowest BCUT2D eigenvalue weighted by molar-refractivity contribution is -0.137. The van der Waals surface area contributed by atoms with Crippen molar-refractivity contribution in [1.82, 2.24) is 4.90 Å². The molecule has 210 valence electrons. The molecule has 1 saturated heterocycles. The molecule has 0 bridgehead atoms. The lowest BCUT2D eigenvalue weighted by Crippen LogP contribution is -2.24. The van der Waals surface area contributed by atoms with Crippen LogP contribution in [0.1, 0.15) is 76.3 Å². The molecule has 10 heteroatoms. The summed E-state index contributed by atoms with van der Waals surface area (Å²) in [5.41, 5.74) is 8.24. The van der Waals surface area contributed by atoms with E-state index in [0.29, 0.717) is 17.7 Å². The highest BCUT2D eigenvalue weighted by Crippen LogP contribution is 2.38. The summed E-state index contributed by atoms with van der Waals surface area (Å²) >= 11 is 0. The van der Waals surface area contributed by atoms with Crippen molar-refractivity contribution in [3.8, 4) is 6.07 Å². The Morgan fingerprint density at radius 2 is 1.77 bits per heavy atom. The maximum atomic E-state index is 13.0. The van der Waals surface area contributed by atoms with E-state index >= 15 is 0 Å². The monoisotopic (exact) mass is 569 g/mol. The molecule has 0 aliphatic carbocycles. The Hall–Kier alpha value is -3.68. The van der Waals surface area contributed by atoms with E-state index in [1.807, 2.05) is 12.1 Å². The van der Waals surface area contributed by atoms with Crippen LogP contribution in [-0.2, 0) is 22.6 Å². The zero-order chi connectivity index (χ0) is 29.1. The van der Waals surface area contributed by atoms with E-state index < -0.39 is 33.4 Å². The van der Waals surface area contributed by atoms with Gasteiger partial charge in [0.25, 0.3) is 0 Å². The first-order valence-electron chi connectivity index (χ1n) is 13.0. The Balaban J connectivity index is 1.67. The van der Waals surface area contributed by atoms with Gasteiger partial charge in [0.1, 0.15) is 0 Å². The van der Waals surface area contributed by atoms with Gasteiger partial charge in [-0.05, 0) is 72.0 Å². The molecule has 1 unspecified atom stereocenters. The minimum absolute atomic E-state index is 0.0355. The van der Waals surface area contributed by atoms with E-state index in [0.717, 1.165) is 42.6 Å². The average Bonchev–Trinajstić information content (AvgIpc) is 3.39. The fraction of sp³-hybridized carbons (Fsp3) is 0.333. The second-order valence-electron chi connectivity index (χ2n) is 9.92. The number of halogens is 3. The van der Waals surface area contributed by atoms with Gasteiger partial charge in [0.05, 0.1) is 22.3 Å². The molecule has 1 heterocycles. The Morgan fingerprint density at radius 3 is 2.35 bits per heavy atom. The molecule has 0 radical (unpaired) electrons. The SMILES string of the molecule is CCS(=O)(=O)c1ccc([C@H](CC#N)c2cc(C3CCCN3Cc3ccc(C(F)(F)F)cc3)ccc2C(N)=O)cc1. The molecular weight excluding hydrogens is 539 g/mol. The van der Waals surface area contributed by atoms with Crippen LogP contribution in [0.5, 0.6) is 0 Å². The van der Waals surface area contributed by atoms with Crippen molar-refractivity contribution in [1.29, 1.82) is 5.26 Å². The first kappa shape index (κ1) is 29.3. The molecule has 2 N–H and O–H groups in total. The van der Waals surface area contributed by atoms with Crippen molar-refractivity contribution in [2.45, 2.75) is 55.8 Å². The molecule has 0 saturated carbocycles. The standard InChI is InChI=1S/C30H30F3N3O3S/c1-2-40(38,39)24-12-7-21(8-13-24)25(15-16-34)27-18-22(9-14-26(27)29(35)37)28-4-3-17-36(28)19-20-5-10-23(11-6-20)30(31,32)33/h5-14,18,25,28H,2-4,15,17,19H2,1H3,(H2,35,37)/t25-,28?/m0/s1. The number of hydrogen-bond acceptors (Lipinski definition) is 5. The lowest BCUT2D eigenvalue weighted by Gasteiger charge is -2.27. The molecule has 1 fully saturated rings. The van der Waals surface area contributed by atoms with Crippen LogP contribution in [0, 0.1) is 11.3 Å². The molecule has 1 aliphatic rings. The Morgan fingerprint density at radius 1 is 1.10 bits per heavy atom. The summed E-state index contributed by atoms with van der Waals surface area (Å²) in [4.78, 5) is 14.8. The van der Waals surface area contributed by atoms with Gasteiger partial charge >= 0.3 is 6.18 Å². The minimum Gasteiger partial charge on any atom is -0.366 e. The summed E-state index contributed by atoms with van der Waals surface area (Å²) in [5, 5.41) is 9.63. The second-order valence-corrected chi connectivity index (χ2v) is 12.2. The minimum atomic E-state index is -4.39. The Bertz CT molecular complexity index is 1510. The largest absolute Gasteiger partial charge is 0.416 e. The van der Waals surface area contributed by atoms with Gasteiger partial charge in [-0.25, -0.2) is 8.42 Å². The molecule has 1 aliphatic heterocycles. The van der Waals surface area contributed by atoms with Gasteiger partial charge in [0.2, 0.25) is 5.91 Å². The summed E-state index contributed by atoms with van der Waals surface area (Å²) in [6, 6.07) is 19.0. The molecule has 4 rings (SSSR count). The van der Waals surface area contributed by atoms with Crippen molar-refractivity contribution in [2.75, 3.05) is 12.3 Å². The van der Waals surface area contributed by atoms with Crippen LogP contribution in [0.3, 0.4) is 0 Å². The average molecular weight is 570 g/mol. The van der Waals surface area contributed by atoms with Crippen LogP contribution < -0.4 is 5.73 Å². The van der Waals surface area contributed by atoms with Crippen LogP contribution in [0.25, 0.3) is 0 Å². The van der Waals surface area contributed by atoms with E-state index in [4.69, 9.17) is 5.73 Å². The zero-order valence-corrected chi connectivity index (χ0v) is 22.8. The zero-order valence-electron chi connectivity index (χ0n) is 22.0. The molecule has 0 spiro atoms. The maximum Gasteiger partial charge on any atom is 0.416 e. The molecule has 2 atom stereocenters. The van der Waals surface area contributed by atoms with Crippen LogP contribution in [0.2, 0.25) is 0 Å². The van der Waals surface area contributed by atoms with E-state index in [2.05, 4.69) is 11.0 Å². The number of alkyl halides is 3. The molecule has 1 amide bonds. The topological polar surface area (TPSA) is 104 Å². The van der Waals surface area contributed by atoms with E-state index in [1.54, 1.807) is 25.1 Å². The molecule has 3 aromatic rings. The van der Waals surface area contributed by atoms with Crippen molar-refractivity contribution >= 4 is 15.7 Å². The third-order valence-corrected chi connectivity index (χ3v) is 9.20. The van der Waals surface area contributed by atoms with Crippen LogP contribution in [0.4, 0.5) is 13.2 Å². The van der Waals surface area contributed by atoms with E-state index in [9.17, 15) is 31.6 Å². The number of primary amides is 1. The van der Waals surface area contributed by atoms with Crippen molar-refractivity contribution in [2.24, 2.45) is 5.73 Å². The summed E-state index contributed by atoms with van der Waals surface area (Å²) < 4.78 is 63.5. The lowest BCUT2D eigenvalue weighted by atomic mass is 9.84. The maximum absolute atomic E-state index is 13.0. The van der Waals surface area contributed by atoms with Crippen molar-refractivity contribution < 1.29 is 26.4 Å². The Labute approximate surface area is 232 Å². The number of carbonyl (C=O) groups excluding carboxylic acids is 1. The predicted octanol–water partition coefficient (Wildman–Crippen LogP) is 5.98. The number of amides is 1. The number of nitriles is 1. The summed E-state index contributed by atoms with van der Waals surface area (Å²) in [7, 11) is -3.40. The number of likely N-dealkylation sites (tertiary alicyclic amines) is 1. The highest BCUT2D eigenvalue weighted by Gasteiger charge is 2.31. The number of nitrogens with two attached hydrogens (primary N) is 1. The molecule has 0 aromatic heterocycles. The second kappa shape index (κ2) is 11.8. The number of carbonyl (C=O) groups is 1. The van der Waals surface area contributed by atoms with Crippen LogP contribution in [0.15, 0.2) is 71.6 Å². The van der Waals surface area contributed by atoms with Crippen molar-refractivity contribution in [3.05, 3.63) is 100 Å². The normalized spacial score (nSPS) is 16.9. The highest BCUT2D eigenvalue weighted by atomic mass is 32.2. The number of rotatable bonds is 9. The van der Waals surface area contributed by atoms with Gasteiger partial charge in [-0.15, -0.1) is 0 Å². The van der Waals surface area contributed by atoms with Gasteiger partial charge in [-0.2, -0.15) is 18.4 Å². The third kappa shape index (κ3) is 6.37. The fourth-order valence-corrected chi connectivity index (χ4v) is 6.18. The fourth-order valence-electron chi connectivity index (χ4n) is 5.30. The first-order chi connectivity index (χ1) is 18.9. The number of hydrogen-bond donors (Lipinski definition) is 1. The highest BCUT2D eigenvalue weighted by molar-refractivity contribution is 7.91. The smallest absolute Gasteiger partial charge is 0.366 e. The summed E-state index contributed by atoms with van der Waals surface area (Å²) in [6.07, 6.45) is -2.63. The predicted molar refractivity (Wildman–Crippen MR) is 145 cm³/mol. The van der Waals surface area contributed by atoms with Crippen LogP contribution >= 0.6 is 0 Å². The molecule has 6 nitrogen and oxygen atoms in total. The quantitative estimate of drug-likeness (QED) is 0.341. The van der Waals surface area contributed by atoms with Gasteiger partial charge in [0.15, 0.2) is 9.84 Å². The first-order valence-corrected chi connectivity index (χ1v) is 14.6. The number of nitrogens with zero attached hydrogens (tertiary/aromatic N) is 2. The Kier molecular flexibility index (Phi) is 8.66. The molecule has 3 aromatic carbocycles. The van der Waals surface area contributed by atoms with E-state index in [1.165, 1.54) is 24.3 Å². The van der Waals surface area contributed by atoms with Crippen LogP contribution in [-0.4, -0.2) is 31.5 Å². The summed E-state index contributed by atoms with van der Waals surface area (Å²) in [5.74, 6) is -1.19. The number of benzene rings is 3. The van der Waals surface area contributed by atoms with Gasteiger partial charge < -0.3 is 5.73 Å². The van der Waals surface area contributed by atoms with E-state index in [-0.39, 0.29) is 28.7 Å².